The van der Waals surface area contributed by atoms with Gasteiger partial charge < -0.3 is 10.2 Å². The van der Waals surface area contributed by atoms with E-state index < -0.39 is 5.41 Å². The van der Waals surface area contributed by atoms with Gasteiger partial charge in [0.05, 0.1) is 5.41 Å². The monoisotopic (exact) mass is 384 g/mol. The summed E-state index contributed by atoms with van der Waals surface area (Å²) in [5.41, 5.74) is 1.94. The number of carbonyl (C=O) groups is 2. The third kappa shape index (κ3) is 4.08. The van der Waals surface area contributed by atoms with Crippen LogP contribution in [0.5, 0.6) is 0 Å². The minimum absolute atomic E-state index is 0.00273. The van der Waals surface area contributed by atoms with Crippen LogP contribution in [0.4, 0.5) is 0 Å². The first-order valence-corrected chi connectivity index (χ1v) is 10.5. The van der Waals surface area contributed by atoms with Crippen molar-refractivity contribution in [3.8, 4) is 10.4 Å². The van der Waals surface area contributed by atoms with Crippen LogP contribution in [0.2, 0.25) is 0 Å². The highest BCUT2D eigenvalue weighted by Gasteiger charge is 2.42. The smallest absolute Gasteiger partial charge is 0.226 e. The minimum Gasteiger partial charge on any atom is -0.359 e. The van der Waals surface area contributed by atoms with Crippen molar-refractivity contribution in [3.05, 3.63) is 47.3 Å². The van der Waals surface area contributed by atoms with E-state index in [2.05, 4.69) is 41.0 Å². The quantitative estimate of drug-likeness (QED) is 0.848. The van der Waals surface area contributed by atoms with E-state index in [4.69, 9.17) is 0 Å². The molecule has 0 aliphatic carbocycles. The molecular weight excluding hydrogens is 356 g/mol. The second-order valence-electron chi connectivity index (χ2n) is 7.65. The van der Waals surface area contributed by atoms with Crippen LogP contribution in [0.25, 0.3) is 10.4 Å². The summed E-state index contributed by atoms with van der Waals surface area (Å²) in [4.78, 5) is 28.4. The summed E-state index contributed by atoms with van der Waals surface area (Å²) >= 11 is 1.72. The molecule has 3 rings (SSSR count). The molecule has 1 N–H and O–H groups in total. The number of benzene rings is 1. The average molecular weight is 385 g/mol. The molecular formula is C22H28N2O2S. The molecule has 27 heavy (non-hydrogen) atoms. The van der Waals surface area contributed by atoms with Gasteiger partial charge in [-0.1, -0.05) is 44.2 Å². The number of rotatable bonds is 5. The third-order valence-electron chi connectivity index (χ3n) is 5.57. The Balaban J connectivity index is 1.86. The van der Waals surface area contributed by atoms with Gasteiger partial charge in [0.15, 0.2) is 0 Å². The van der Waals surface area contributed by atoms with Crippen LogP contribution in [0, 0.1) is 11.3 Å². The topological polar surface area (TPSA) is 49.4 Å². The van der Waals surface area contributed by atoms with E-state index in [0.29, 0.717) is 32.4 Å². The predicted molar refractivity (Wildman–Crippen MR) is 111 cm³/mol. The number of piperidine rings is 1. The first kappa shape index (κ1) is 19.6. The van der Waals surface area contributed by atoms with E-state index in [9.17, 15) is 9.59 Å². The fraction of sp³-hybridized carbons (Fsp3) is 0.455. The molecule has 2 amide bonds. The maximum Gasteiger partial charge on any atom is 0.226 e. The Hall–Kier alpha value is -2.14. The lowest BCUT2D eigenvalue weighted by atomic mass is 9.72. The molecule has 1 aromatic heterocycles. The Labute approximate surface area is 165 Å². The van der Waals surface area contributed by atoms with Crippen LogP contribution in [0.3, 0.4) is 0 Å². The van der Waals surface area contributed by atoms with Crippen molar-refractivity contribution in [3.63, 3.8) is 0 Å². The number of nitrogens with zero attached hydrogens (tertiary/aromatic N) is 1. The SMILES string of the molecule is CNC(=O)C1(Cc2ccccc2-c2cccs2)CCN(C(=O)C(C)C)CC1. The highest BCUT2D eigenvalue weighted by atomic mass is 32.1. The summed E-state index contributed by atoms with van der Waals surface area (Å²) in [6.07, 6.45) is 2.10. The van der Waals surface area contributed by atoms with Gasteiger partial charge in [0, 0.05) is 30.9 Å². The minimum atomic E-state index is -0.462. The largest absolute Gasteiger partial charge is 0.359 e. The first-order chi connectivity index (χ1) is 13.0. The molecule has 2 aromatic rings. The summed E-state index contributed by atoms with van der Waals surface area (Å²) in [5, 5.41) is 4.96. The lowest BCUT2D eigenvalue weighted by Gasteiger charge is -2.41. The Bertz CT molecular complexity index is 790. The highest BCUT2D eigenvalue weighted by Crippen LogP contribution is 2.39. The van der Waals surface area contributed by atoms with E-state index in [0.717, 1.165) is 0 Å². The molecule has 0 radical (unpaired) electrons. The molecule has 144 valence electrons. The lowest BCUT2D eigenvalue weighted by molar-refractivity contribution is -0.142. The normalized spacial score (nSPS) is 16.4. The summed E-state index contributed by atoms with van der Waals surface area (Å²) in [7, 11) is 1.71. The number of carbonyl (C=O) groups excluding carboxylic acids is 2. The van der Waals surface area contributed by atoms with Crippen LogP contribution in [-0.2, 0) is 16.0 Å². The van der Waals surface area contributed by atoms with Gasteiger partial charge in [-0.05, 0) is 41.8 Å². The number of nitrogens with one attached hydrogen (secondary N) is 1. The van der Waals surface area contributed by atoms with E-state index >= 15 is 0 Å². The number of thiophene rings is 1. The molecule has 0 unspecified atom stereocenters. The van der Waals surface area contributed by atoms with Crippen LogP contribution in [0.15, 0.2) is 41.8 Å². The predicted octanol–water partition coefficient (Wildman–Crippen LogP) is 3.97. The van der Waals surface area contributed by atoms with E-state index in [-0.39, 0.29) is 17.7 Å². The number of hydrogen-bond donors (Lipinski definition) is 1. The van der Waals surface area contributed by atoms with Gasteiger partial charge in [-0.3, -0.25) is 9.59 Å². The van der Waals surface area contributed by atoms with Crippen molar-refractivity contribution in [2.45, 2.75) is 33.1 Å². The fourth-order valence-corrected chi connectivity index (χ4v) is 4.77. The molecule has 1 fully saturated rings. The first-order valence-electron chi connectivity index (χ1n) is 9.59. The molecule has 0 saturated carbocycles. The molecule has 1 aliphatic heterocycles. The van der Waals surface area contributed by atoms with Crippen molar-refractivity contribution in [1.82, 2.24) is 10.2 Å². The zero-order valence-electron chi connectivity index (χ0n) is 16.3. The lowest BCUT2D eigenvalue weighted by Crippen LogP contribution is -2.51. The van der Waals surface area contributed by atoms with Crippen molar-refractivity contribution < 1.29 is 9.59 Å². The van der Waals surface area contributed by atoms with Gasteiger partial charge in [0.25, 0.3) is 0 Å². The molecule has 0 spiro atoms. The van der Waals surface area contributed by atoms with Crippen molar-refractivity contribution in [2.24, 2.45) is 11.3 Å². The van der Waals surface area contributed by atoms with Crippen LogP contribution in [0.1, 0.15) is 32.3 Å². The Kier molecular flexibility index (Phi) is 6.00. The second kappa shape index (κ2) is 8.26. The van der Waals surface area contributed by atoms with E-state index in [1.807, 2.05) is 24.8 Å². The van der Waals surface area contributed by atoms with E-state index in [1.54, 1.807) is 18.4 Å². The summed E-state index contributed by atoms with van der Waals surface area (Å²) in [6, 6.07) is 12.5. The zero-order valence-corrected chi connectivity index (χ0v) is 17.1. The van der Waals surface area contributed by atoms with Gasteiger partial charge in [-0.15, -0.1) is 11.3 Å². The standard InChI is InChI=1S/C22H28N2O2S/c1-16(2)20(25)24-12-10-22(11-13-24,21(26)23-3)15-17-7-4-5-8-18(17)19-9-6-14-27-19/h4-9,14,16H,10-13,15H2,1-3H3,(H,23,26). The molecule has 0 atom stereocenters. The fourth-order valence-electron chi connectivity index (χ4n) is 3.98. The Morgan fingerprint density at radius 1 is 1.15 bits per heavy atom. The molecule has 4 nitrogen and oxygen atoms in total. The maximum absolute atomic E-state index is 12.9. The molecule has 1 aliphatic rings. The van der Waals surface area contributed by atoms with Crippen molar-refractivity contribution in [2.75, 3.05) is 20.1 Å². The Morgan fingerprint density at radius 3 is 2.44 bits per heavy atom. The zero-order chi connectivity index (χ0) is 19.4. The molecule has 5 heteroatoms. The van der Waals surface area contributed by atoms with Crippen LogP contribution >= 0.6 is 11.3 Å². The molecule has 0 bridgehead atoms. The number of amides is 2. The molecule has 1 saturated heterocycles. The number of hydrogen-bond acceptors (Lipinski definition) is 3. The van der Waals surface area contributed by atoms with Gasteiger partial charge >= 0.3 is 0 Å². The maximum atomic E-state index is 12.9. The summed E-state index contributed by atoms with van der Waals surface area (Å²) in [6.45, 7) is 5.15. The molecule has 1 aromatic carbocycles. The van der Waals surface area contributed by atoms with Gasteiger partial charge in [0.2, 0.25) is 11.8 Å². The van der Waals surface area contributed by atoms with E-state index in [1.165, 1.54) is 16.0 Å². The highest BCUT2D eigenvalue weighted by molar-refractivity contribution is 7.13. The van der Waals surface area contributed by atoms with Crippen LogP contribution < -0.4 is 5.32 Å². The summed E-state index contributed by atoms with van der Waals surface area (Å²) < 4.78 is 0. The van der Waals surface area contributed by atoms with Gasteiger partial charge in [-0.2, -0.15) is 0 Å². The van der Waals surface area contributed by atoms with Crippen LogP contribution in [-0.4, -0.2) is 36.9 Å². The second-order valence-corrected chi connectivity index (χ2v) is 8.60. The van der Waals surface area contributed by atoms with Gasteiger partial charge in [-0.25, -0.2) is 0 Å². The Morgan fingerprint density at radius 2 is 1.85 bits per heavy atom. The van der Waals surface area contributed by atoms with Crippen molar-refractivity contribution in [1.29, 1.82) is 0 Å². The van der Waals surface area contributed by atoms with Gasteiger partial charge in [0.1, 0.15) is 0 Å². The summed E-state index contributed by atoms with van der Waals surface area (Å²) in [5.74, 6) is 0.261. The molecule has 2 heterocycles. The third-order valence-corrected chi connectivity index (χ3v) is 6.47. The number of likely N-dealkylation sites (tertiary alicyclic amines) is 1. The average Bonchev–Trinajstić information content (AvgIpc) is 3.22. The van der Waals surface area contributed by atoms with Crippen molar-refractivity contribution >= 4 is 23.2 Å².